The smallest absolute Gasteiger partial charge is 0.314 e. The molecule has 0 atom stereocenters. The summed E-state index contributed by atoms with van der Waals surface area (Å²) < 4.78 is 12.3. The number of halogens is 1. The third kappa shape index (κ3) is 2.45. The highest BCUT2D eigenvalue weighted by atomic mass is 19.1. The Bertz CT molecular complexity index is 238. The zero-order chi connectivity index (χ0) is 8.27. The van der Waals surface area contributed by atoms with E-state index in [9.17, 15) is 4.39 Å². The largest absolute Gasteiger partial charge is 0.352 e. The molecule has 0 spiro atoms. The van der Waals surface area contributed by atoms with Crippen LogP contribution in [0.4, 0.5) is 10.3 Å². The van der Waals surface area contributed by atoms with Crippen molar-refractivity contribution in [2.45, 2.75) is 19.9 Å². The first-order valence-electron chi connectivity index (χ1n) is 3.22. The molecule has 0 saturated carbocycles. The quantitative estimate of drug-likeness (QED) is 0.680. The van der Waals surface area contributed by atoms with E-state index in [2.05, 4.69) is 26.6 Å². The number of hydrogen-bond donors (Lipinski definition) is 1. The highest BCUT2D eigenvalue weighted by Gasteiger charge is 1.99. The molecule has 4 nitrogen and oxygen atoms in total. The van der Waals surface area contributed by atoms with Crippen LogP contribution < -0.4 is 5.32 Å². The second kappa shape index (κ2) is 3.23. The Morgan fingerprint density at radius 2 is 2.18 bits per heavy atom. The average Bonchev–Trinajstić information content (AvgIpc) is 1.85. The van der Waals surface area contributed by atoms with Gasteiger partial charge in [-0.2, -0.15) is 19.3 Å². The summed E-state index contributed by atoms with van der Waals surface area (Å²) in [5, 5.41) is 2.81. The Morgan fingerprint density at radius 3 is 2.73 bits per heavy atom. The van der Waals surface area contributed by atoms with Crippen LogP contribution in [0.5, 0.6) is 0 Å². The van der Waals surface area contributed by atoms with E-state index in [0.29, 0.717) is 0 Å². The van der Waals surface area contributed by atoms with Crippen molar-refractivity contribution < 1.29 is 4.39 Å². The van der Waals surface area contributed by atoms with Crippen LogP contribution in [0, 0.1) is 12.4 Å². The van der Waals surface area contributed by atoms with Crippen molar-refractivity contribution in [3.05, 3.63) is 12.4 Å². The molecule has 11 heavy (non-hydrogen) atoms. The van der Waals surface area contributed by atoms with Crippen molar-refractivity contribution in [1.29, 1.82) is 0 Å². The summed E-state index contributed by atoms with van der Waals surface area (Å²) in [6.45, 7) is 3.81. The van der Waals surface area contributed by atoms with Crippen LogP contribution in [0.25, 0.3) is 0 Å². The summed E-state index contributed by atoms with van der Waals surface area (Å²) in [5.41, 5.74) is 0. The second-order valence-corrected chi connectivity index (χ2v) is 2.33. The van der Waals surface area contributed by atoms with Crippen molar-refractivity contribution in [3.8, 4) is 0 Å². The molecular weight excluding hydrogens is 147 g/mol. The second-order valence-electron chi connectivity index (χ2n) is 2.33. The fraction of sp³-hybridized carbons (Fsp3) is 0.500. The molecule has 1 N–H and O–H groups in total. The van der Waals surface area contributed by atoms with E-state index in [1.165, 1.54) is 0 Å². The van der Waals surface area contributed by atoms with Gasteiger partial charge in [-0.3, -0.25) is 0 Å². The molecule has 1 rings (SSSR count). The predicted molar refractivity (Wildman–Crippen MR) is 37.4 cm³/mol. The van der Waals surface area contributed by atoms with E-state index in [1.54, 1.807) is 0 Å². The molecular formula is C6H8FN4. The molecule has 0 unspecified atom stereocenters. The van der Waals surface area contributed by atoms with Gasteiger partial charge in [0.1, 0.15) is 0 Å². The number of hydrogen-bond acceptors (Lipinski definition) is 4. The summed E-state index contributed by atoms with van der Waals surface area (Å²) in [5.74, 6) is 0.215. The molecule has 1 radical (unpaired) electrons. The normalized spacial score (nSPS) is 10.2. The monoisotopic (exact) mass is 155 g/mol. The molecule has 0 aliphatic rings. The van der Waals surface area contributed by atoms with Gasteiger partial charge in [0.05, 0.1) is 0 Å². The molecule has 0 saturated heterocycles. The molecule has 0 fully saturated rings. The van der Waals surface area contributed by atoms with Crippen molar-refractivity contribution in [3.63, 3.8) is 0 Å². The van der Waals surface area contributed by atoms with Crippen LogP contribution in [0.2, 0.25) is 0 Å². The minimum Gasteiger partial charge on any atom is -0.352 e. The van der Waals surface area contributed by atoms with Gasteiger partial charge in [0.2, 0.25) is 12.3 Å². The molecule has 1 aromatic rings. The molecule has 0 aromatic carbocycles. The molecule has 0 amide bonds. The summed E-state index contributed by atoms with van der Waals surface area (Å²) in [6, 6.07) is 0.171. The van der Waals surface area contributed by atoms with Crippen LogP contribution in [0.15, 0.2) is 0 Å². The lowest BCUT2D eigenvalue weighted by Gasteiger charge is -2.05. The van der Waals surface area contributed by atoms with Gasteiger partial charge >= 0.3 is 6.08 Å². The predicted octanol–water partition coefficient (Wildman–Crippen LogP) is 0.631. The Hall–Kier alpha value is -1.26. The summed E-state index contributed by atoms with van der Waals surface area (Å²) in [7, 11) is 0. The average molecular weight is 155 g/mol. The van der Waals surface area contributed by atoms with E-state index >= 15 is 0 Å². The molecule has 0 aliphatic heterocycles. The lowest BCUT2D eigenvalue weighted by molar-refractivity contribution is 0.532. The minimum atomic E-state index is -0.817. The fourth-order valence-electron chi connectivity index (χ4n) is 0.574. The van der Waals surface area contributed by atoms with Gasteiger partial charge in [-0.15, -0.1) is 0 Å². The Kier molecular flexibility index (Phi) is 2.30. The summed E-state index contributed by atoms with van der Waals surface area (Å²) in [4.78, 5) is 10.1. The maximum absolute atomic E-state index is 12.3. The highest BCUT2D eigenvalue weighted by Crippen LogP contribution is 1.96. The van der Waals surface area contributed by atoms with E-state index in [1.807, 2.05) is 13.8 Å². The van der Waals surface area contributed by atoms with Crippen LogP contribution >= 0.6 is 0 Å². The first-order valence-corrected chi connectivity index (χ1v) is 3.22. The first-order chi connectivity index (χ1) is 5.18. The van der Waals surface area contributed by atoms with E-state index in [4.69, 9.17) is 0 Å². The van der Waals surface area contributed by atoms with Crippen LogP contribution in [0.3, 0.4) is 0 Å². The van der Waals surface area contributed by atoms with Crippen LogP contribution in [-0.2, 0) is 0 Å². The minimum absolute atomic E-state index is 0.171. The van der Waals surface area contributed by atoms with Gasteiger partial charge in [-0.25, -0.2) is 0 Å². The Morgan fingerprint density at radius 1 is 1.45 bits per heavy atom. The van der Waals surface area contributed by atoms with Gasteiger partial charge in [0.15, 0.2) is 0 Å². The van der Waals surface area contributed by atoms with Gasteiger partial charge < -0.3 is 5.32 Å². The maximum atomic E-state index is 12.3. The SMILES string of the molecule is CC(C)Nc1n[c]nc(F)n1. The molecule has 1 aromatic heterocycles. The standard InChI is InChI=1S/C6H8FN4/c1-4(2)10-6-9-3-8-5(7)11-6/h4H,1-2H3,(H,8,9,10,11). The first kappa shape index (κ1) is 7.84. The number of anilines is 1. The maximum Gasteiger partial charge on any atom is 0.314 e. The van der Waals surface area contributed by atoms with Crippen molar-refractivity contribution in [2.75, 3.05) is 5.32 Å². The molecule has 1 heterocycles. The van der Waals surface area contributed by atoms with Gasteiger partial charge in [0.25, 0.3) is 0 Å². The lowest BCUT2D eigenvalue weighted by atomic mass is 10.4. The van der Waals surface area contributed by atoms with E-state index in [0.717, 1.165) is 0 Å². The van der Waals surface area contributed by atoms with Crippen LogP contribution in [0.1, 0.15) is 13.8 Å². The number of nitrogens with one attached hydrogen (secondary N) is 1. The van der Waals surface area contributed by atoms with Gasteiger partial charge in [-0.05, 0) is 13.8 Å². The number of nitrogens with zero attached hydrogens (tertiary/aromatic N) is 3. The number of rotatable bonds is 2. The third-order valence-corrected chi connectivity index (χ3v) is 0.914. The number of aromatic nitrogens is 3. The highest BCUT2D eigenvalue weighted by molar-refractivity contribution is 5.21. The van der Waals surface area contributed by atoms with Gasteiger partial charge in [-0.1, -0.05) is 0 Å². The molecule has 59 valence electrons. The van der Waals surface area contributed by atoms with Crippen molar-refractivity contribution in [1.82, 2.24) is 15.0 Å². The third-order valence-electron chi connectivity index (χ3n) is 0.914. The lowest BCUT2D eigenvalue weighted by Crippen LogP contribution is -2.13. The zero-order valence-electron chi connectivity index (χ0n) is 6.30. The van der Waals surface area contributed by atoms with Crippen LogP contribution in [-0.4, -0.2) is 21.0 Å². The molecule has 5 heteroatoms. The Balaban J connectivity index is 2.71. The van der Waals surface area contributed by atoms with Crippen molar-refractivity contribution >= 4 is 5.95 Å². The van der Waals surface area contributed by atoms with E-state index < -0.39 is 6.08 Å². The van der Waals surface area contributed by atoms with Crippen molar-refractivity contribution in [2.24, 2.45) is 0 Å². The summed E-state index contributed by atoms with van der Waals surface area (Å²) in [6.07, 6.45) is 1.32. The topological polar surface area (TPSA) is 50.7 Å². The van der Waals surface area contributed by atoms with Gasteiger partial charge in [0, 0.05) is 6.04 Å². The van der Waals surface area contributed by atoms with E-state index in [-0.39, 0.29) is 12.0 Å². The molecule has 0 bridgehead atoms. The zero-order valence-corrected chi connectivity index (χ0v) is 6.30. The fourth-order valence-corrected chi connectivity index (χ4v) is 0.574. The summed E-state index contributed by atoms with van der Waals surface area (Å²) >= 11 is 0. The molecule has 0 aliphatic carbocycles. The Labute approximate surface area is 63.9 Å².